The van der Waals surface area contributed by atoms with Crippen molar-refractivity contribution in [3.05, 3.63) is 59.2 Å². The third-order valence-electron chi connectivity index (χ3n) is 7.59. The maximum Gasteiger partial charge on any atom is 0.258 e. The van der Waals surface area contributed by atoms with Crippen LogP contribution in [0.3, 0.4) is 0 Å². The zero-order chi connectivity index (χ0) is 22.8. The minimum absolute atomic E-state index is 0.00225. The van der Waals surface area contributed by atoms with E-state index < -0.39 is 0 Å². The molecule has 2 heterocycles. The molecule has 0 unspecified atom stereocenters. The molecule has 2 amide bonds. The van der Waals surface area contributed by atoms with Crippen LogP contribution in [0.25, 0.3) is 0 Å². The van der Waals surface area contributed by atoms with Crippen molar-refractivity contribution in [1.82, 2.24) is 4.90 Å². The Morgan fingerprint density at radius 1 is 0.879 bits per heavy atom. The summed E-state index contributed by atoms with van der Waals surface area (Å²) in [5.41, 5.74) is 4.68. The zero-order valence-corrected chi connectivity index (χ0v) is 20.3. The van der Waals surface area contributed by atoms with E-state index >= 15 is 0 Å². The summed E-state index contributed by atoms with van der Waals surface area (Å²) in [6.45, 7) is 2.35. The van der Waals surface area contributed by atoms with Crippen molar-refractivity contribution in [3.8, 4) is 0 Å². The number of anilines is 2. The first-order valence-electron chi connectivity index (χ1n) is 12.3. The van der Waals surface area contributed by atoms with Gasteiger partial charge in [-0.2, -0.15) is 0 Å². The predicted octanol–water partition coefficient (Wildman–Crippen LogP) is 5.86. The first-order chi connectivity index (χ1) is 16.1. The Balaban J connectivity index is 1.45. The van der Waals surface area contributed by atoms with Crippen molar-refractivity contribution >= 4 is 35.1 Å². The molecular formula is C27H33N3O2S. The van der Waals surface area contributed by atoms with Crippen LogP contribution in [-0.4, -0.2) is 42.6 Å². The van der Waals surface area contributed by atoms with E-state index in [1.165, 1.54) is 31.2 Å². The lowest BCUT2D eigenvalue weighted by molar-refractivity contribution is 0.0724. The van der Waals surface area contributed by atoms with E-state index in [0.717, 1.165) is 56.7 Å². The first-order valence-corrected chi connectivity index (χ1v) is 13.5. The molecule has 2 aliphatic heterocycles. The molecule has 1 spiro atoms. The molecule has 6 heteroatoms. The molecule has 174 valence electrons. The largest absolute Gasteiger partial charge is 0.339 e. The number of benzene rings is 2. The number of carbonyl (C=O) groups excluding carboxylic acids is 2. The predicted molar refractivity (Wildman–Crippen MR) is 136 cm³/mol. The summed E-state index contributed by atoms with van der Waals surface area (Å²) in [6.07, 6.45) is 11.3. The van der Waals surface area contributed by atoms with Gasteiger partial charge in [0.1, 0.15) is 0 Å². The van der Waals surface area contributed by atoms with E-state index in [0.29, 0.717) is 11.1 Å². The van der Waals surface area contributed by atoms with E-state index in [9.17, 15) is 9.59 Å². The van der Waals surface area contributed by atoms with Crippen molar-refractivity contribution in [1.29, 1.82) is 0 Å². The lowest BCUT2D eigenvalue weighted by atomic mass is 9.70. The number of nitrogens with one attached hydrogen (secondary N) is 1. The van der Waals surface area contributed by atoms with Gasteiger partial charge in [0.25, 0.3) is 11.8 Å². The van der Waals surface area contributed by atoms with Crippen molar-refractivity contribution in [3.63, 3.8) is 0 Å². The van der Waals surface area contributed by atoms with Crippen LogP contribution in [-0.2, 0) is 5.41 Å². The van der Waals surface area contributed by atoms with Gasteiger partial charge in [-0.05, 0) is 74.1 Å². The Kier molecular flexibility index (Phi) is 6.37. The molecule has 0 bridgehead atoms. The molecular weight excluding hydrogens is 430 g/mol. The summed E-state index contributed by atoms with van der Waals surface area (Å²) in [5.74, 6) is 0.0419. The van der Waals surface area contributed by atoms with E-state index in [1.54, 1.807) is 18.0 Å². The number of likely N-dealkylation sites (tertiary alicyclic amines) is 1. The number of hydrogen-bond acceptors (Lipinski definition) is 4. The van der Waals surface area contributed by atoms with Gasteiger partial charge in [-0.1, -0.05) is 37.3 Å². The lowest BCUT2D eigenvalue weighted by Gasteiger charge is -2.34. The molecule has 5 rings (SSSR count). The van der Waals surface area contributed by atoms with Crippen molar-refractivity contribution in [2.75, 3.05) is 35.5 Å². The lowest BCUT2D eigenvalue weighted by Crippen LogP contribution is -2.38. The van der Waals surface area contributed by atoms with Gasteiger partial charge >= 0.3 is 0 Å². The van der Waals surface area contributed by atoms with Crippen molar-refractivity contribution in [2.45, 2.75) is 56.8 Å². The smallest absolute Gasteiger partial charge is 0.258 e. The Morgan fingerprint density at radius 3 is 2.30 bits per heavy atom. The molecule has 5 nitrogen and oxygen atoms in total. The molecule has 1 saturated heterocycles. The van der Waals surface area contributed by atoms with Gasteiger partial charge in [0.05, 0.1) is 0 Å². The molecule has 1 N–H and O–H groups in total. The third-order valence-corrected chi connectivity index (χ3v) is 8.03. The Bertz CT molecular complexity index is 1040. The zero-order valence-electron chi connectivity index (χ0n) is 19.4. The van der Waals surface area contributed by atoms with Gasteiger partial charge in [-0.15, -0.1) is 0 Å². The molecule has 2 fully saturated rings. The van der Waals surface area contributed by atoms with E-state index in [2.05, 4.69) is 22.9 Å². The summed E-state index contributed by atoms with van der Waals surface area (Å²) in [7, 11) is 0. The van der Waals surface area contributed by atoms with Gasteiger partial charge in [-0.25, -0.2) is 0 Å². The summed E-state index contributed by atoms with van der Waals surface area (Å²) < 4.78 is 3.36. The van der Waals surface area contributed by atoms with Crippen LogP contribution in [0.15, 0.2) is 42.5 Å². The number of rotatable bonds is 4. The number of amides is 2. The maximum atomic E-state index is 13.8. The molecule has 2 aromatic carbocycles. The normalized spacial score (nSPS) is 19.4. The molecule has 33 heavy (non-hydrogen) atoms. The second-order valence-electron chi connectivity index (χ2n) is 9.70. The van der Waals surface area contributed by atoms with Crippen molar-refractivity contribution < 1.29 is 9.59 Å². The fraction of sp³-hybridized carbons (Fsp3) is 0.481. The average molecular weight is 464 g/mol. The summed E-state index contributed by atoms with van der Waals surface area (Å²) in [4.78, 5) is 30.7. The fourth-order valence-corrected chi connectivity index (χ4v) is 6.27. The average Bonchev–Trinajstić information content (AvgIpc) is 3.17. The number of fused-ring (bicyclic) bond motifs is 2. The molecule has 0 atom stereocenters. The monoisotopic (exact) mass is 463 g/mol. The summed E-state index contributed by atoms with van der Waals surface area (Å²) in [6, 6.07) is 13.8. The molecule has 0 aromatic heterocycles. The molecule has 0 radical (unpaired) electrons. The highest BCUT2D eigenvalue weighted by atomic mass is 32.2. The van der Waals surface area contributed by atoms with Crippen LogP contribution in [0.1, 0.15) is 77.6 Å². The van der Waals surface area contributed by atoms with Crippen molar-refractivity contribution in [2.24, 2.45) is 0 Å². The third kappa shape index (κ3) is 4.25. The van der Waals surface area contributed by atoms with Gasteiger partial charge in [-0.3, -0.25) is 9.59 Å². The van der Waals surface area contributed by atoms with Crippen LogP contribution < -0.4 is 9.62 Å². The summed E-state index contributed by atoms with van der Waals surface area (Å²) in [5, 5.41) is 0. The number of hydrogen-bond donors (Lipinski definition) is 1. The second kappa shape index (κ2) is 9.41. The number of nitrogens with zero attached hydrogens (tertiary/aromatic N) is 2. The molecule has 2 aromatic rings. The topological polar surface area (TPSA) is 52.7 Å². The van der Waals surface area contributed by atoms with E-state index in [-0.39, 0.29) is 17.2 Å². The first kappa shape index (κ1) is 22.3. The maximum absolute atomic E-state index is 13.8. The fourth-order valence-electron chi connectivity index (χ4n) is 5.91. The summed E-state index contributed by atoms with van der Waals surface area (Å²) >= 11 is 1.59. The molecule has 3 aliphatic rings. The van der Waals surface area contributed by atoms with Crippen LogP contribution >= 0.6 is 11.9 Å². The van der Waals surface area contributed by atoms with Gasteiger partial charge in [0.2, 0.25) is 0 Å². The minimum atomic E-state index is -0.00225. The Hall–Kier alpha value is -2.47. The molecule has 1 saturated carbocycles. The quantitative estimate of drug-likeness (QED) is 0.577. The van der Waals surface area contributed by atoms with Gasteiger partial charge < -0.3 is 14.5 Å². The highest BCUT2D eigenvalue weighted by Crippen LogP contribution is 2.50. The van der Waals surface area contributed by atoms with Gasteiger partial charge in [0.15, 0.2) is 0 Å². The van der Waals surface area contributed by atoms with Crippen LogP contribution in [0.5, 0.6) is 0 Å². The van der Waals surface area contributed by atoms with Crippen LogP contribution in [0.4, 0.5) is 11.4 Å². The standard InChI is InChI=1S/C27H33N3O2S/c1-33-28-22-11-12-24-23(18-22)27(13-4-2-5-14-27)19-30(24)26(32)21-10-8-9-20(17-21)25(31)29-15-6-3-7-16-29/h8-12,17-18,28H,2-7,13-16,19H2,1H3. The van der Waals surface area contributed by atoms with Gasteiger partial charge in [0, 0.05) is 53.8 Å². The molecule has 1 aliphatic carbocycles. The Morgan fingerprint density at radius 2 is 1.58 bits per heavy atom. The second-order valence-corrected chi connectivity index (χ2v) is 10.3. The Labute approximate surface area is 201 Å². The van der Waals surface area contributed by atoms with E-state index in [1.807, 2.05) is 34.3 Å². The van der Waals surface area contributed by atoms with Crippen LogP contribution in [0.2, 0.25) is 0 Å². The number of piperidine rings is 1. The number of carbonyl (C=O) groups is 2. The highest BCUT2D eigenvalue weighted by molar-refractivity contribution is 7.99. The SMILES string of the molecule is CSNc1ccc2c(c1)C1(CCCCC1)CN2C(=O)c1cccc(C(=O)N2CCCCC2)c1. The highest BCUT2D eigenvalue weighted by Gasteiger charge is 2.45. The minimum Gasteiger partial charge on any atom is -0.339 e. The van der Waals surface area contributed by atoms with E-state index in [4.69, 9.17) is 0 Å². The van der Waals surface area contributed by atoms with Crippen LogP contribution in [0, 0.1) is 0 Å².